The van der Waals surface area contributed by atoms with E-state index >= 15 is 0 Å². The Morgan fingerprint density at radius 1 is 1.47 bits per heavy atom. The third-order valence-corrected chi connectivity index (χ3v) is 2.94. The number of nitrogens with one attached hydrogen (secondary N) is 2. The van der Waals surface area contributed by atoms with Gasteiger partial charge in [0.1, 0.15) is 5.82 Å². The van der Waals surface area contributed by atoms with E-state index in [1.807, 2.05) is 0 Å². The minimum atomic E-state index is -0.364. The molecule has 1 aliphatic heterocycles. The average Bonchev–Trinajstić information content (AvgIpc) is 2.29. The summed E-state index contributed by atoms with van der Waals surface area (Å²) in [5.74, 6) is -0.557. The van der Waals surface area contributed by atoms with Gasteiger partial charge in [0.15, 0.2) is 0 Å². The maximum absolute atomic E-state index is 13.2. The van der Waals surface area contributed by atoms with Crippen LogP contribution in [-0.4, -0.2) is 25.0 Å². The molecule has 0 unspecified atom stereocenters. The van der Waals surface area contributed by atoms with Gasteiger partial charge in [0.05, 0.1) is 0 Å². The van der Waals surface area contributed by atoms with Gasteiger partial charge >= 0.3 is 0 Å². The second-order valence-corrected chi connectivity index (χ2v) is 4.53. The molecule has 1 heterocycles. The van der Waals surface area contributed by atoms with Crippen LogP contribution in [-0.2, 0) is 0 Å². The molecule has 1 aromatic rings. The van der Waals surface area contributed by atoms with Gasteiger partial charge in [-0.15, -0.1) is 0 Å². The number of hydrogen-bond acceptors (Lipinski definition) is 2. The summed E-state index contributed by atoms with van der Waals surface area (Å²) >= 11 is 0. The molecule has 0 saturated carbocycles. The van der Waals surface area contributed by atoms with E-state index in [2.05, 4.69) is 10.6 Å². The fourth-order valence-corrected chi connectivity index (χ4v) is 2.11. The second-order valence-electron chi connectivity index (χ2n) is 4.53. The summed E-state index contributed by atoms with van der Waals surface area (Å²) in [7, 11) is 0. The van der Waals surface area contributed by atoms with Gasteiger partial charge in [0.2, 0.25) is 0 Å². The molecule has 2 N–H and O–H groups in total. The lowest BCUT2D eigenvalue weighted by Crippen LogP contribution is -2.45. The van der Waals surface area contributed by atoms with Crippen LogP contribution in [0.5, 0.6) is 0 Å². The molecule has 92 valence electrons. The molecule has 4 heteroatoms. The number of aryl methyl sites for hydroxylation is 1. The van der Waals surface area contributed by atoms with Gasteiger partial charge in [0, 0.05) is 18.2 Å². The molecule has 1 saturated heterocycles. The topological polar surface area (TPSA) is 41.1 Å². The largest absolute Gasteiger partial charge is 0.348 e. The summed E-state index contributed by atoms with van der Waals surface area (Å²) < 4.78 is 13.2. The number of piperidine rings is 1. The Bertz CT molecular complexity index is 394. The minimum absolute atomic E-state index is 0.153. The van der Waals surface area contributed by atoms with Gasteiger partial charge in [-0.1, -0.05) is 0 Å². The summed E-state index contributed by atoms with van der Waals surface area (Å²) in [6, 6.07) is 4.55. The van der Waals surface area contributed by atoms with E-state index in [1.54, 1.807) is 13.0 Å². The Labute approximate surface area is 100 Å². The molecule has 1 aliphatic rings. The van der Waals surface area contributed by atoms with E-state index in [0.717, 1.165) is 31.5 Å². The SMILES string of the molecule is Cc1cc(F)cc(C(=O)N[C@@H]2CCCNC2)c1. The molecule has 17 heavy (non-hydrogen) atoms. The summed E-state index contributed by atoms with van der Waals surface area (Å²) in [6.45, 7) is 3.58. The Balaban J connectivity index is 2.03. The monoisotopic (exact) mass is 236 g/mol. The Hall–Kier alpha value is -1.42. The molecule has 1 amide bonds. The third kappa shape index (κ3) is 3.27. The number of hydrogen-bond donors (Lipinski definition) is 2. The second kappa shape index (κ2) is 5.27. The van der Waals surface area contributed by atoms with Crippen molar-refractivity contribution in [2.75, 3.05) is 13.1 Å². The number of carbonyl (C=O) groups is 1. The highest BCUT2D eigenvalue weighted by Crippen LogP contribution is 2.09. The number of carbonyl (C=O) groups excluding carboxylic acids is 1. The molecule has 2 rings (SSSR count). The first kappa shape index (κ1) is 12.0. The first-order chi connectivity index (χ1) is 8.15. The smallest absolute Gasteiger partial charge is 0.251 e. The predicted molar refractivity (Wildman–Crippen MR) is 64.5 cm³/mol. The van der Waals surface area contributed by atoms with Gasteiger partial charge in [-0.3, -0.25) is 4.79 Å². The molecule has 3 nitrogen and oxygen atoms in total. The van der Waals surface area contributed by atoms with Crippen molar-refractivity contribution < 1.29 is 9.18 Å². The molecule has 0 radical (unpaired) electrons. The fraction of sp³-hybridized carbons (Fsp3) is 0.462. The summed E-state index contributed by atoms with van der Waals surface area (Å²) in [5, 5.41) is 6.15. The standard InChI is InChI=1S/C13H17FN2O/c1-9-5-10(7-11(14)6-9)13(17)16-12-3-2-4-15-8-12/h5-7,12,15H,2-4,8H2,1H3,(H,16,17)/t12-/m1/s1. The predicted octanol–water partition coefficient (Wildman–Crippen LogP) is 1.62. The highest BCUT2D eigenvalue weighted by atomic mass is 19.1. The zero-order valence-corrected chi connectivity index (χ0v) is 9.92. The number of rotatable bonds is 2. The Morgan fingerprint density at radius 3 is 2.94 bits per heavy atom. The Morgan fingerprint density at radius 2 is 2.29 bits per heavy atom. The van der Waals surface area contributed by atoms with Crippen molar-refractivity contribution in [3.63, 3.8) is 0 Å². The minimum Gasteiger partial charge on any atom is -0.348 e. The highest BCUT2D eigenvalue weighted by molar-refractivity contribution is 5.94. The van der Waals surface area contributed by atoms with Gasteiger partial charge < -0.3 is 10.6 Å². The van der Waals surface area contributed by atoms with Gasteiger partial charge in [0.25, 0.3) is 5.91 Å². The lowest BCUT2D eigenvalue weighted by molar-refractivity contribution is 0.0930. The number of benzene rings is 1. The number of halogens is 1. The quantitative estimate of drug-likeness (QED) is 0.819. The van der Waals surface area contributed by atoms with Crippen molar-refractivity contribution in [1.82, 2.24) is 10.6 Å². The highest BCUT2D eigenvalue weighted by Gasteiger charge is 2.16. The zero-order chi connectivity index (χ0) is 12.3. The van der Waals surface area contributed by atoms with Crippen LogP contribution in [0.1, 0.15) is 28.8 Å². The van der Waals surface area contributed by atoms with E-state index in [-0.39, 0.29) is 17.8 Å². The van der Waals surface area contributed by atoms with E-state index in [9.17, 15) is 9.18 Å². The third-order valence-electron chi connectivity index (χ3n) is 2.94. The normalized spacial score (nSPS) is 20.0. The van der Waals surface area contributed by atoms with Crippen molar-refractivity contribution in [2.45, 2.75) is 25.8 Å². The van der Waals surface area contributed by atoms with Crippen molar-refractivity contribution in [1.29, 1.82) is 0 Å². The Kier molecular flexibility index (Phi) is 3.74. The molecule has 0 aliphatic carbocycles. The lowest BCUT2D eigenvalue weighted by Gasteiger charge is -2.23. The van der Waals surface area contributed by atoms with Crippen LogP contribution in [0, 0.1) is 12.7 Å². The van der Waals surface area contributed by atoms with Crippen LogP contribution in [0.25, 0.3) is 0 Å². The molecule has 1 atom stereocenters. The van der Waals surface area contributed by atoms with Gasteiger partial charge in [-0.2, -0.15) is 0 Å². The number of amides is 1. The van der Waals surface area contributed by atoms with Crippen molar-refractivity contribution in [3.8, 4) is 0 Å². The van der Waals surface area contributed by atoms with E-state index in [0.29, 0.717) is 5.56 Å². The van der Waals surface area contributed by atoms with Gasteiger partial charge in [-0.05, 0) is 50.1 Å². The molecular formula is C13H17FN2O. The molecule has 0 aromatic heterocycles. The maximum atomic E-state index is 13.2. The first-order valence-electron chi connectivity index (χ1n) is 5.94. The van der Waals surface area contributed by atoms with Crippen LogP contribution in [0.3, 0.4) is 0 Å². The fourth-order valence-electron chi connectivity index (χ4n) is 2.11. The van der Waals surface area contributed by atoms with E-state index in [1.165, 1.54) is 12.1 Å². The summed E-state index contributed by atoms with van der Waals surface area (Å²) in [5.41, 5.74) is 1.16. The molecule has 0 bridgehead atoms. The van der Waals surface area contributed by atoms with Crippen LogP contribution in [0.15, 0.2) is 18.2 Å². The molecular weight excluding hydrogens is 219 g/mol. The van der Waals surface area contributed by atoms with Crippen molar-refractivity contribution in [3.05, 3.63) is 35.1 Å². The van der Waals surface area contributed by atoms with Crippen molar-refractivity contribution in [2.24, 2.45) is 0 Å². The lowest BCUT2D eigenvalue weighted by atomic mass is 10.1. The molecule has 0 spiro atoms. The van der Waals surface area contributed by atoms with Crippen LogP contribution >= 0.6 is 0 Å². The van der Waals surface area contributed by atoms with Gasteiger partial charge in [-0.25, -0.2) is 4.39 Å². The average molecular weight is 236 g/mol. The van der Waals surface area contributed by atoms with E-state index < -0.39 is 0 Å². The van der Waals surface area contributed by atoms with E-state index in [4.69, 9.17) is 0 Å². The summed E-state index contributed by atoms with van der Waals surface area (Å²) in [4.78, 5) is 11.9. The summed E-state index contributed by atoms with van der Waals surface area (Å²) in [6.07, 6.45) is 2.04. The van der Waals surface area contributed by atoms with Crippen LogP contribution in [0.4, 0.5) is 4.39 Å². The molecule has 1 fully saturated rings. The molecule has 1 aromatic carbocycles. The van der Waals surface area contributed by atoms with Crippen LogP contribution < -0.4 is 10.6 Å². The first-order valence-corrected chi connectivity index (χ1v) is 5.94. The zero-order valence-electron chi connectivity index (χ0n) is 9.92. The van der Waals surface area contributed by atoms with Crippen LogP contribution in [0.2, 0.25) is 0 Å². The van der Waals surface area contributed by atoms with Crippen molar-refractivity contribution >= 4 is 5.91 Å². The maximum Gasteiger partial charge on any atom is 0.251 e.